The average molecular weight is 272 g/mol. The van der Waals surface area contributed by atoms with E-state index < -0.39 is 0 Å². The van der Waals surface area contributed by atoms with Crippen LogP contribution in [0.25, 0.3) is 22.2 Å². The highest BCUT2D eigenvalue weighted by molar-refractivity contribution is 7.99. The molecule has 3 heterocycles. The maximum absolute atomic E-state index is 5.99. The molecule has 0 saturated heterocycles. The van der Waals surface area contributed by atoms with Crippen molar-refractivity contribution in [2.45, 2.75) is 9.79 Å². The summed E-state index contributed by atoms with van der Waals surface area (Å²) in [7, 11) is 0. The molecule has 0 bridgehead atoms. The molecule has 1 aromatic carbocycles. The van der Waals surface area contributed by atoms with E-state index in [9.17, 15) is 0 Å². The summed E-state index contributed by atoms with van der Waals surface area (Å²) in [6.07, 6.45) is 3.58. The van der Waals surface area contributed by atoms with E-state index in [1.54, 1.807) is 18.0 Å². The van der Waals surface area contributed by atoms with Gasteiger partial charge in [0.1, 0.15) is 0 Å². The van der Waals surface area contributed by atoms with Crippen LogP contribution in [0.4, 0.5) is 0 Å². The van der Waals surface area contributed by atoms with Crippen LogP contribution in [0.2, 0.25) is 5.28 Å². The predicted molar refractivity (Wildman–Crippen MR) is 71.9 cm³/mol. The van der Waals surface area contributed by atoms with E-state index in [1.165, 1.54) is 4.90 Å². The largest absolute Gasteiger partial charge is 0.261 e. The second kappa shape index (κ2) is 3.67. The summed E-state index contributed by atoms with van der Waals surface area (Å²) in [6.45, 7) is 0. The Balaban J connectivity index is 2.22. The van der Waals surface area contributed by atoms with E-state index in [0.29, 0.717) is 0 Å². The van der Waals surface area contributed by atoms with Crippen molar-refractivity contribution in [2.24, 2.45) is 0 Å². The van der Waals surface area contributed by atoms with E-state index in [4.69, 9.17) is 11.6 Å². The molecule has 1 aliphatic rings. The molecule has 3 aromatic rings. The van der Waals surface area contributed by atoms with Gasteiger partial charge in [0.15, 0.2) is 0 Å². The third kappa shape index (κ3) is 1.36. The highest BCUT2D eigenvalue weighted by Crippen LogP contribution is 2.46. The molecule has 0 saturated carbocycles. The van der Waals surface area contributed by atoms with Crippen LogP contribution in [0.3, 0.4) is 0 Å². The zero-order chi connectivity index (χ0) is 12.1. The molecular formula is C13H6ClN3S. The summed E-state index contributed by atoms with van der Waals surface area (Å²) in [5.74, 6) is 0. The zero-order valence-corrected chi connectivity index (χ0v) is 10.7. The standard InChI is InChI=1S/C13H6ClN3S/c14-13-16-8-5-15-6-10-11(8)12(17-13)7-3-1-2-4-9(7)18-10/h1-6H. The highest BCUT2D eigenvalue weighted by atomic mass is 35.5. The number of benzene rings is 1. The Bertz CT molecular complexity index is 788. The Morgan fingerprint density at radius 1 is 1.00 bits per heavy atom. The Kier molecular flexibility index (Phi) is 2.10. The summed E-state index contributed by atoms with van der Waals surface area (Å²) < 4.78 is 0. The van der Waals surface area contributed by atoms with Crippen molar-refractivity contribution in [2.75, 3.05) is 0 Å². The van der Waals surface area contributed by atoms with Crippen LogP contribution in [0.5, 0.6) is 0 Å². The summed E-state index contributed by atoms with van der Waals surface area (Å²) in [6, 6.07) is 8.17. The summed E-state index contributed by atoms with van der Waals surface area (Å²) in [5, 5.41) is 1.30. The molecule has 0 fully saturated rings. The van der Waals surface area contributed by atoms with Gasteiger partial charge in [-0.05, 0) is 17.7 Å². The third-order valence-electron chi connectivity index (χ3n) is 2.91. The average Bonchev–Trinajstić information content (AvgIpc) is 2.38. The molecule has 0 radical (unpaired) electrons. The zero-order valence-electron chi connectivity index (χ0n) is 9.09. The molecule has 1 aliphatic heterocycles. The predicted octanol–water partition coefficient (Wildman–Crippen LogP) is 3.81. The summed E-state index contributed by atoms with van der Waals surface area (Å²) in [5.41, 5.74) is 2.80. The monoisotopic (exact) mass is 271 g/mol. The number of halogens is 1. The maximum Gasteiger partial charge on any atom is 0.223 e. The van der Waals surface area contributed by atoms with Gasteiger partial charge in [0.2, 0.25) is 5.28 Å². The van der Waals surface area contributed by atoms with Gasteiger partial charge in [-0.25, -0.2) is 9.97 Å². The molecule has 4 rings (SSSR count). The summed E-state index contributed by atoms with van der Waals surface area (Å²) in [4.78, 5) is 15.1. The molecule has 0 spiro atoms. The SMILES string of the molecule is Clc1nc2c3c(cncc3n1)Sc1ccccc1-2. The lowest BCUT2D eigenvalue weighted by Gasteiger charge is -2.18. The summed E-state index contributed by atoms with van der Waals surface area (Å²) >= 11 is 7.68. The molecular weight excluding hydrogens is 266 g/mol. The van der Waals surface area contributed by atoms with Crippen LogP contribution in [-0.2, 0) is 0 Å². The third-order valence-corrected chi connectivity index (χ3v) is 4.18. The van der Waals surface area contributed by atoms with Gasteiger partial charge < -0.3 is 0 Å². The molecule has 0 aliphatic carbocycles. The van der Waals surface area contributed by atoms with Crippen molar-refractivity contribution in [3.05, 3.63) is 41.9 Å². The normalized spacial score (nSPS) is 12.5. The molecule has 18 heavy (non-hydrogen) atoms. The lowest BCUT2D eigenvalue weighted by Crippen LogP contribution is -1.98. The quantitative estimate of drug-likeness (QED) is 0.456. The van der Waals surface area contributed by atoms with E-state index in [2.05, 4.69) is 27.1 Å². The van der Waals surface area contributed by atoms with E-state index >= 15 is 0 Å². The number of aromatic nitrogens is 3. The van der Waals surface area contributed by atoms with Gasteiger partial charge in [-0.15, -0.1) is 0 Å². The van der Waals surface area contributed by atoms with E-state index in [0.717, 1.165) is 27.1 Å². The molecule has 0 unspecified atom stereocenters. The van der Waals surface area contributed by atoms with Crippen molar-refractivity contribution in [3.63, 3.8) is 0 Å². The number of rotatable bonds is 0. The molecule has 5 heteroatoms. The van der Waals surface area contributed by atoms with Gasteiger partial charge in [0.25, 0.3) is 0 Å². The van der Waals surface area contributed by atoms with Crippen molar-refractivity contribution in [3.8, 4) is 11.3 Å². The van der Waals surface area contributed by atoms with Crippen LogP contribution in [0, 0.1) is 0 Å². The Morgan fingerprint density at radius 3 is 2.83 bits per heavy atom. The van der Waals surface area contributed by atoms with Crippen molar-refractivity contribution in [1.82, 2.24) is 15.0 Å². The number of hydrogen-bond donors (Lipinski definition) is 0. The second-order valence-corrected chi connectivity index (χ2v) is 5.39. The number of nitrogens with zero attached hydrogens (tertiary/aromatic N) is 3. The number of pyridine rings is 1. The van der Waals surface area contributed by atoms with Gasteiger partial charge in [-0.1, -0.05) is 30.0 Å². The first-order valence-corrected chi connectivity index (χ1v) is 6.61. The fourth-order valence-corrected chi connectivity index (χ4v) is 3.42. The first-order chi connectivity index (χ1) is 8.83. The Labute approximate surface area is 112 Å². The fraction of sp³-hybridized carbons (Fsp3) is 0. The first-order valence-electron chi connectivity index (χ1n) is 5.41. The van der Waals surface area contributed by atoms with E-state index in [1.807, 2.05) is 18.3 Å². The highest BCUT2D eigenvalue weighted by Gasteiger charge is 2.21. The van der Waals surface area contributed by atoms with Crippen molar-refractivity contribution in [1.29, 1.82) is 0 Å². The van der Waals surface area contributed by atoms with Crippen LogP contribution < -0.4 is 0 Å². The topological polar surface area (TPSA) is 38.7 Å². The molecule has 0 atom stereocenters. The first kappa shape index (κ1) is 10.3. The lowest BCUT2D eigenvalue weighted by molar-refractivity contribution is 1.16. The molecule has 0 amide bonds. The van der Waals surface area contributed by atoms with Crippen LogP contribution in [-0.4, -0.2) is 15.0 Å². The van der Waals surface area contributed by atoms with Crippen molar-refractivity contribution >= 4 is 34.3 Å². The van der Waals surface area contributed by atoms with Crippen molar-refractivity contribution < 1.29 is 0 Å². The smallest absolute Gasteiger partial charge is 0.223 e. The molecule has 3 nitrogen and oxygen atoms in total. The van der Waals surface area contributed by atoms with Crippen LogP contribution >= 0.6 is 23.4 Å². The van der Waals surface area contributed by atoms with Gasteiger partial charge in [0.05, 0.1) is 17.4 Å². The molecule has 86 valence electrons. The Morgan fingerprint density at radius 2 is 1.89 bits per heavy atom. The second-order valence-electron chi connectivity index (χ2n) is 3.97. The minimum atomic E-state index is 0.262. The maximum atomic E-state index is 5.99. The Hall–Kier alpha value is -1.65. The minimum Gasteiger partial charge on any atom is -0.261 e. The van der Waals surface area contributed by atoms with E-state index in [-0.39, 0.29) is 5.28 Å². The molecule has 0 N–H and O–H groups in total. The minimum absolute atomic E-state index is 0.262. The van der Waals surface area contributed by atoms with Gasteiger partial charge in [-0.3, -0.25) is 4.98 Å². The van der Waals surface area contributed by atoms with Crippen LogP contribution in [0.1, 0.15) is 0 Å². The number of hydrogen-bond acceptors (Lipinski definition) is 4. The molecule has 2 aromatic heterocycles. The fourth-order valence-electron chi connectivity index (χ4n) is 2.17. The van der Waals surface area contributed by atoms with Crippen LogP contribution in [0.15, 0.2) is 46.5 Å². The number of fused-ring (bicyclic) bond motifs is 2. The van der Waals surface area contributed by atoms with Gasteiger partial charge in [-0.2, -0.15) is 0 Å². The van der Waals surface area contributed by atoms with Gasteiger partial charge >= 0.3 is 0 Å². The lowest BCUT2D eigenvalue weighted by atomic mass is 10.1. The van der Waals surface area contributed by atoms with Gasteiger partial charge in [0, 0.05) is 26.9 Å².